The summed E-state index contributed by atoms with van der Waals surface area (Å²) in [6.45, 7) is 2.12. The second kappa shape index (κ2) is 7.62. The largest absolute Gasteiger partial charge is 0.324 e. The van der Waals surface area contributed by atoms with Crippen LogP contribution in [-0.2, 0) is 0 Å². The van der Waals surface area contributed by atoms with Gasteiger partial charge in [-0.2, -0.15) is 0 Å². The summed E-state index contributed by atoms with van der Waals surface area (Å²) >= 11 is 17.9. The highest BCUT2D eigenvalue weighted by Crippen LogP contribution is 2.34. The molecule has 1 rings (SSSR count). The zero-order valence-electron chi connectivity index (χ0n) is 8.97. The summed E-state index contributed by atoms with van der Waals surface area (Å²) in [4.78, 5) is 0. The fourth-order valence-electron chi connectivity index (χ4n) is 1.43. The van der Waals surface area contributed by atoms with Gasteiger partial charge in [0.15, 0.2) is 0 Å². The van der Waals surface area contributed by atoms with E-state index in [1.807, 2.05) is 0 Å². The molecule has 2 N–H and O–H groups in total. The predicted octanol–water partition coefficient (Wildman–Crippen LogP) is 5.26. The molecule has 0 aliphatic rings. The molecule has 0 saturated heterocycles. The van der Waals surface area contributed by atoms with E-state index in [9.17, 15) is 0 Å². The number of benzene rings is 1. The van der Waals surface area contributed by atoms with Gasteiger partial charge < -0.3 is 5.73 Å². The average Bonchev–Trinajstić information content (AvgIpc) is 2.19. The Kier molecular flexibility index (Phi) is 7.79. The van der Waals surface area contributed by atoms with Crippen LogP contribution in [0.2, 0.25) is 15.1 Å². The number of rotatable bonds is 4. The Hall–Kier alpha value is 0.340. The van der Waals surface area contributed by atoms with Crippen LogP contribution in [0.5, 0.6) is 0 Å². The van der Waals surface area contributed by atoms with Crippen LogP contribution in [0, 0.1) is 0 Å². The molecule has 0 aromatic heterocycles. The second-order valence-corrected chi connectivity index (χ2v) is 4.76. The normalized spacial score (nSPS) is 12.1. The molecule has 0 heterocycles. The van der Waals surface area contributed by atoms with Crippen LogP contribution in [0.3, 0.4) is 0 Å². The van der Waals surface area contributed by atoms with E-state index in [1.54, 1.807) is 12.1 Å². The van der Waals surface area contributed by atoms with Crippen molar-refractivity contribution in [3.05, 3.63) is 32.8 Å². The lowest BCUT2D eigenvalue weighted by Gasteiger charge is -2.14. The lowest BCUT2D eigenvalue weighted by atomic mass is 10.0. The van der Waals surface area contributed by atoms with Crippen molar-refractivity contribution < 1.29 is 0 Å². The molecule has 16 heavy (non-hydrogen) atoms. The maximum Gasteiger partial charge on any atom is 0.0641 e. The SMILES string of the molecule is CCCC[C@H](N)c1cc(Cl)cc(Cl)c1Cl.Cl. The van der Waals surface area contributed by atoms with Gasteiger partial charge in [-0.3, -0.25) is 0 Å². The molecule has 1 aromatic rings. The number of halogens is 4. The molecule has 0 amide bonds. The molecule has 1 atom stereocenters. The van der Waals surface area contributed by atoms with E-state index in [-0.39, 0.29) is 18.4 Å². The Labute approximate surface area is 118 Å². The van der Waals surface area contributed by atoms with E-state index in [4.69, 9.17) is 40.5 Å². The van der Waals surface area contributed by atoms with E-state index >= 15 is 0 Å². The molecule has 0 bridgehead atoms. The summed E-state index contributed by atoms with van der Waals surface area (Å²) in [5, 5.41) is 1.56. The molecular formula is C11H15Cl4N. The summed E-state index contributed by atoms with van der Waals surface area (Å²) in [6.07, 6.45) is 3.08. The van der Waals surface area contributed by atoms with Crippen LogP contribution in [-0.4, -0.2) is 0 Å². The van der Waals surface area contributed by atoms with E-state index in [0.717, 1.165) is 24.8 Å². The molecule has 92 valence electrons. The third-order valence-corrected chi connectivity index (χ3v) is 3.32. The molecule has 0 radical (unpaired) electrons. The summed E-state index contributed by atoms with van der Waals surface area (Å²) in [5.41, 5.74) is 6.85. The first kappa shape index (κ1) is 16.3. The smallest absolute Gasteiger partial charge is 0.0641 e. The van der Waals surface area contributed by atoms with E-state index in [0.29, 0.717) is 15.1 Å². The van der Waals surface area contributed by atoms with Gasteiger partial charge in [-0.15, -0.1) is 12.4 Å². The third-order valence-electron chi connectivity index (χ3n) is 2.29. The molecule has 0 spiro atoms. The number of unbranched alkanes of at least 4 members (excludes halogenated alkanes) is 1. The van der Waals surface area contributed by atoms with E-state index < -0.39 is 0 Å². The Morgan fingerprint density at radius 2 is 1.88 bits per heavy atom. The minimum Gasteiger partial charge on any atom is -0.324 e. The minimum absolute atomic E-state index is 0. The molecule has 1 aromatic carbocycles. The number of nitrogens with two attached hydrogens (primary N) is 1. The average molecular weight is 303 g/mol. The first-order valence-electron chi connectivity index (χ1n) is 4.96. The van der Waals surface area contributed by atoms with Crippen LogP contribution in [0.4, 0.5) is 0 Å². The highest BCUT2D eigenvalue weighted by atomic mass is 35.5. The van der Waals surface area contributed by atoms with Gasteiger partial charge in [0.2, 0.25) is 0 Å². The summed E-state index contributed by atoms with van der Waals surface area (Å²) in [7, 11) is 0. The molecule has 0 aliphatic heterocycles. The highest BCUT2D eigenvalue weighted by Gasteiger charge is 2.13. The number of hydrogen-bond acceptors (Lipinski definition) is 1. The van der Waals surface area contributed by atoms with Gasteiger partial charge in [0.25, 0.3) is 0 Å². The van der Waals surface area contributed by atoms with Crippen molar-refractivity contribution in [3.63, 3.8) is 0 Å². The van der Waals surface area contributed by atoms with Crippen LogP contribution in [0.25, 0.3) is 0 Å². The van der Waals surface area contributed by atoms with Gasteiger partial charge in [-0.1, -0.05) is 54.6 Å². The molecule has 0 unspecified atom stereocenters. The Morgan fingerprint density at radius 3 is 2.44 bits per heavy atom. The van der Waals surface area contributed by atoms with Gasteiger partial charge >= 0.3 is 0 Å². The zero-order valence-corrected chi connectivity index (χ0v) is 12.1. The lowest BCUT2D eigenvalue weighted by molar-refractivity contribution is 0.603. The molecule has 0 aliphatic carbocycles. The van der Waals surface area contributed by atoms with Gasteiger partial charge in [0, 0.05) is 11.1 Å². The minimum atomic E-state index is -0.0892. The third kappa shape index (κ3) is 4.31. The predicted molar refractivity (Wildman–Crippen MR) is 75.2 cm³/mol. The molecular weight excluding hydrogens is 288 g/mol. The monoisotopic (exact) mass is 301 g/mol. The van der Waals surface area contributed by atoms with Crippen molar-refractivity contribution in [1.82, 2.24) is 0 Å². The van der Waals surface area contributed by atoms with Crippen molar-refractivity contribution in [2.75, 3.05) is 0 Å². The van der Waals surface area contributed by atoms with Crippen molar-refractivity contribution in [2.24, 2.45) is 5.73 Å². The summed E-state index contributed by atoms with van der Waals surface area (Å²) in [6, 6.07) is 3.33. The molecule has 0 saturated carbocycles. The first-order valence-corrected chi connectivity index (χ1v) is 6.09. The van der Waals surface area contributed by atoms with Gasteiger partial charge in [-0.25, -0.2) is 0 Å². The van der Waals surface area contributed by atoms with Crippen LogP contribution in [0.1, 0.15) is 37.8 Å². The van der Waals surface area contributed by atoms with E-state index in [1.165, 1.54) is 0 Å². The van der Waals surface area contributed by atoms with Crippen molar-refractivity contribution >= 4 is 47.2 Å². The zero-order chi connectivity index (χ0) is 11.4. The van der Waals surface area contributed by atoms with Crippen molar-refractivity contribution in [1.29, 1.82) is 0 Å². The van der Waals surface area contributed by atoms with Gasteiger partial charge in [0.05, 0.1) is 10.0 Å². The summed E-state index contributed by atoms with van der Waals surface area (Å²) < 4.78 is 0. The van der Waals surface area contributed by atoms with Gasteiger partial charge in [0.1, 0.15) is 0 Å². The summed E-state index contributed by atoms with van der Waals surface area (Å²) in [5.74, 6) is 0. The Balaban J connectivity index is 0.00000225. The maximum atomic E-state index is 6.07. The van der Waals surface area contributed by atoms with Gasteiger partial charge in [-0.05, 0) is 24.1 Å². The fraction of sp³-hybridized carbons (Fsp3) is 0.455. The molecule has 0 fully saturated rings. The first-order chi connectivity index (χ1) is 7.06. The standard InChI is InChI=1S/C11H14Cl3N.ClH/c1-2-3-4-10(15)8-5-7(12)6-9(13)11(8)14;/h5-6,10H,2-4,15H2,1H3;1H/t10-;/m0./s1. The topological polar surface area (TPSA) is 26.0 Å². The van der Waals surface area contributed by atoms with Crippen molar-refractivity contribution in [3.8, 4) is 0 Å². The second-order valence-electron chi connectivity index (χ2n) is 3.54. The fourth-order valence-corrected chi connectivity index (χ4v) is 2.18. The highest BCUT2D eigenvalue weighted by molar-refractivity contribution is 6.43. The number of hydrogen-bond donors (Lipinski definition) is 1. The van der Waals surface area contributed by atoms with Crippen LogP contribution in [0.15, 0.2) is 12.1 Å². The Bertz CT molecular complexity index is 341. The molecule has 5 heteroatoms. The van der Waals surface area contributed by atoms with Crippen LogP contribution >= 0.6 is 47.2 Å². The lowest BCUT2D eigenvalue weighted by Crippen LogP contribution is -2.10. The van der Waals surface area contributed by atoms with E-state index in [2.05, 4.69) is 6.92 Å². The van der Waals surface area contributed by atoms with Crippen LogP contribution < -0.4 is 5.73 Å². The van der Waals surface area contributed by atoms with Crippen molar-refractivity contribution in [2.45, 2.75) is 32.2 Å². The molecule has 1 nitrogen and oxygen atoms in total. The maximum absolute atomic E-state index is 6.07. The Morgan fingerprint density at radius 1 is 1.25 bits per heavy atom. The quantitative estimate of drug-likeness (QED) is 0.754.